The van der Waals surface area contributed by atoms with Gasteiger partial charge < -0.3 is 21.3 Å². The van der Waals surface area contributed by atoms with Crippen molar-refractivity contribution in [3.8, 4) is 0 Å². The van der Waals surface area contributed by atoms with Crippen LogP contribution in [0.3, 0.4) is 0 Å². The molecule has 1 saturated heterocycles. The van der Waals surface area contributed by atoms with Crippen LogP contribution in [-0.2, 0) is 16.0 Å². The largest absolute Gasteiger partial charge is 0.370 e. The molecule has 0 saturated carbocycles. The minimum atomic E-state index is -0.567. The Morgan fingerprint density at radius 1 is 0.939 bits per heavy atom. The van der Waals surface area contributed by atoms with Crippen molar-refractivity contribution in [1.82, 2.24) is 0 Å². The number of nitrogens with one attached hydrogen (secondary N) is 2. The summed E-state index contributed by atoms with van der Waals surface area (Å²) in [7, 11) is 0. The number of benzene rings is 3. The number of anilines is 3. The van der Waals surface area contributed by atoms with Gasteiger partial charge in [0.2, 0.25) is 5.91 Å². The van der Waals surface area contributed by atoms with Crippen LogP contribution in [0.25, 0.3) is 0 Å². The summed E-state index contributed by atoms with van der Waals surface area (Å²) in [5, 5.41) is 6.39. The highest BCUT2D eigenvalue weighted by molar-refractivity contribution is 5.98. The monoisotopic (exact) mass is 442 g/mol. The van der Waals surface area contributed by atoms with Gasteiger partial charge in [0, 0.05) is 30.0 Å². The van der Waals surface area contributed by atoms with Crippen molar-refractivity contribution in [3.05, 3.63) is 90.0 Å². The molecule has 2 amide bonds. The molecule has 0 aromatic heterocycles. The van der Waals surface area contributed by atoms with Gasteiger partial charge in [-0.2, -0.15) is 0 Å². The summed E-state index contributed by atoms with van der Waals surface area (Å²) in [5.74, 6) is -0.00419. The first-order chi connectivity index (χ1) is 16.1. The van der Waals surface area contributed by atoms with Gasteiger partial charge in [-0.15, -0.1) is 0 Å². The molecule has 0 bridgehead atoms. The van der Waals surface area contributed by atoms with E-state index < -0.39 is 6.04 Å². The summed E-state index contributed by atoms with van der Waals surface area (Å²) in [6.45, 7) is 1.32. The lowest BCUT2D eigenvalue weighted by molar-refractivity contribution is -0.119. The Morgan fingerprint density at radius 3 is 2.45 bits per heavy atom. The van der Waals surface area contributed by atoms with Gasteiger partial charge in [-0.3, -0.25) is 9.59 Å². The summed E-state index contributed by atoms with van der Waals surface area (Å²) in [5.41, 5.74) is 10.1. The molecule has 0 unspecified atom stereocenters. The highest BCUT2D eigenvalue weighted by Gasteiger charge is 2.22. The second kappa shape index (κ2) is 10.8. The lowest BCUT2D eigenvalue weighted by Crippen LogP contribution is -2.35. The average molecular weight is 443 g/mol. The minimum absolute atomic E-state index is 0.156. The summed E-state index contributed by atoms with van der Waals surface area (Å²) in [6, 6.07) is 24.5. The van der Waals surface area contributed by atoms with Gasteiger partial charge in [-0.1, -0.05) is 42.5 Å². The fourth-order valence-electron chi connectivity index (χ4n) is 4.11. The third-order valence-corrected chi connectivity index (χ3v) is 5.84. The predicted octanol–water partition coefficient (Wildman–Crippen LogP) is 4.50. The van der Waals surface area contributed by atoms with Crippen LogP contribution in [0.2, 0.25) is 0 Å². The predicted molar refractivity (Wildman–Crippen MR) is 133 cm³/mol. The lowest BCUT2D eigenvalue weighted by Gasteiger charge is -2.27. The van der Waals surface area contributed by atoms with Gasteiger partial charge >= 0.3 is 0 Å². The molecule has 170 valence electrons. The third-order valence-electron chi connectivity index (χ3n) is 5.84. The number of carbonyl (C=O) groups is 2. The minimum Gasteiger partial charge on any atom is -0.370 e. The molecule has 33 heavy (non-hydrogen) atoms. The number of carbonyl (C=O) groups excluding carboxylic acids is 2. The summed E-state index contributed by atoms with van der Waals surface area (Å²) in [4.78, 5) is 27.3. The van der Waals surface area contributed by atoms with E-state index >= 15 is 0 Å². The molecule has 1 aliphatic heterocycles. The molecule has 1 aliphatic rings. The smallest absolute Gasteiger partial charge is 0.251 e. The van der Waals surface area contributed by atoms with E-state index in [0.29, 0.717) is 18.7 Å². The Bertz CT molecular complexity index is 1080. The number of nitrogens with two attached hydrogens (primary N) is 1. The molecular weight excluding hydrogens is 412 g/mol. The Kier molecular flexibility index (Phi) is 7.37. The maximum absolute atomic E-state index is 13.3. The van der Waals surface area contributed by atoms with Gasteiger partial charge in [-0.25, -0.2) is 0 Å². The Morgan fingerprint density at radius 2 is 1.73 bits per heavy atom. The zero-order valence-corrected chi connectivity index (χ0v) is 18.7. The van der Waals surface area contributed by atoms with Crippen LogP contribution in [0.4, 0.5) is 17.1 Å². The lowest BCUT2D eigenvalue weighted by atomic mass is 10.0. The van der Waals surface area contributed by atoms with Gasteiger partial charge in [0.1, 0.15) is 6.04 Å². The number of rotatable bonds is 8. The van der Waals surface area contributed by atoms with E-state index in [0.717, 1.165) is 48.3 Å². The highest BCUT2D eigenvalue weighted by Crippen LogP contribution is 2.25. The second-order valence-electron chi connectivity index (χ2n) is 8.27. The van der Waals surface area contributed by atoms with E-state index in [-0.39, 0.29) is 11.8 Å². The molecular formula is C27H30N4O2. The van der Waals surface area contributed by atoms with E-state index in [1.807, 2.05) is 83.8 Å². The average Bonchev–Trinajstić information content (AvgIpc) is 2.84. The standard InChI is InChI=1S/C27H30N4O2/c28-17-16-20-7-6-10-23(19-20)29-26(21-8-2-1-3-9-21)27(33)30-22-12-14-24(15-13-22)31-18-5-4-11-25(31)32/h1-3,6-10,12-15,19,26,29H,4-5,11,16-18,28H2,(H,30,33)/t26-/m0/s1. The van der Waals surface area contributed by atoms with Crippen molar-refractivity contribution in [2.24, 2.45) is 5.73 Å². The second-order valence-corrected chi connectivity index (χ2v) is 8.27. The first-order valence-corrected chi connectivity index (χ1v) is 11.5. The van der Waals surface area contributed by atoms with E-state index in [4.69, 9.17) is 5.73 Å². The quantitative estimate of drug-likeness (QED) is 0.479. The van der Waals surface area contributed by atoms with Crippen molar-refractivity contribution in [1.29, 1.82) is 0 Å². The fourth-order valence-corrected chi connectivity index (χ4v) is 4.11. The molecule has 3 aromatic carbocycles. The first kappa shape index (κ1) is 22.6. The number of nitrogens with zero attached hydrogens (tertiary/aromatic N) is 1. The molecule has 1 fully saturated rings. The SMILES string of the molecule is NCCc1cccc(N[C@H](C(=O)Nc2ccc(N3CCCCC3=O)cc2)c2ccccc2)c1. The highest BCUT2D eigenvalue weighted by atomic mass is 16.2. The zero-order valence-electron chi connectivity index (χ0n) is 18.7. The number of piperidine rings is 1. The number of amides is 2. The van der Waals surface area contributed by atoms with Crippen LogP contribution in [0.15, 0.2) is 78.9 Å². The molecule has 6 heteroatoms. The van der Waals surface area contributed by atoms with Gasteiger partial charge in [0.25, 0.3) is 5.91 Å². The molecule has 3 aromatic rings. The molecule has 4 rings (SSSR count). The van der Waals surface area contributed by atoms with Crippen LogP contribution in [0.1, 0.15) is 36.4 Å². The van der Waals surface area contributed by atoms with Crippen LogP contribution in [0, 0.1) is 0 Å². The topological polar surface area (TPSA) is 87.5 Å². The zero-order chi connectivity index (χ0) is 23.0. The molecule has 4 N–H and O–H groups in total. The van der Waals surface area contributed by atoms with Crippen LogP contribution < -0.4 is 21.3 Å². The Balaban J connectivity index is 1.51. The van der Waals surface area contributed by atoms with Crippen LogP contribution >= 0.6 is 0 Å². The van der Waals surface area contributed by atoms with Crippen LogP contribution in [0.5, 0.6) is 0 Å². The number of hydrogen-bond acceptors (Lipinski definition) is 4. The molecule has 0 spiro atoms. The van der Waals surface area contributed by atoms with E-state index in [2.05, 4.69) is 10.6 Å². The third kappa shape index (κ3) is 5.79. The molecule has 0 aliphatic carbocycles. The van der Waals surface area contributed by atoms with Crippen molar-refractivity contribution < 1.29 is 9.59 Å². The van der Waals surface area contributed by atoms with Crippen molar-refractivity contribution in [2.45, 2.75) is 31.7 Å². The van der Waals surface area contributed by atoms with Crippen LogP contribution in [-0.4, -0.2) is 24.9 Å². The van der Waals surface area contributed by atoms with E-state index in [1.54, 1.807) is 0 Å². The summed E-state index contributed by atoms with van der Waals surface area (Å²) >= 11 is 0. The van der Waals surface area contributed by atoms with Crippen molar-refractivity contribution in [3.63, 3.8) is 0 Å². The molecule has 1 heterocycles. The van der Waals surface area contributed by atoms with Gasteiger partial charge in [0.15, 0.2) is 0 Å². The Hall–Kier alpha value is -3.64. The first-order valence-electron chi connectivity index (χ1n) is 11.5. The summed E-state index contributed by atoms with van der Waals surface area (Å²) < 4.78 is 0. The Labute approximate surface area is 194 Å². The van der Waals surface area contributed by atoms with Gasteiger partial charge in [0.05, 0.1) is 0 Å². The maximum atomic E-state index is 13.3. The number of hydrogen-bond donors (Lipinski definition) is 3. The fraction of sp³-hybridized carbons (Fsp3) is 0.259. The maximum Gasteiger partial charge on any atom is 0.251 e. The van der Waals surface area contributed by atoms with Crippen molar-refractivity contribution >= 4 is 28.9 Å². The molecule has 6 nitrogen and oxygen atoms in total. The van der Waals surface area contributed by atoms with Crippen molar-refractivity contribution in [2.75, 3.05) is 28.6 Å². The van der Waals surface area contributed by atoms with E-state index in [1.165, 1.54) is 0 Å². The van der Waals surface area contributed by atoms with Gasteiger partial charge in [-0.05, 0) is 73.3 Å². The molecule has 0 radical (unpaired) electrons. The van der Waals surface area contributed by atoms with E-state index in [9.17, 15) is 9.59 Å². The normalized spacial score (nSPS) is 14.6. The molecule has 1 atom stereocenters. The summed E-state index contributed by atoms with van der Waals surface area (Å²) in [6.07, 6.45) is 3.34.